The summed E-state index contributed by atoms with van der Waals surface area (Å²) in [6.07, 6.45) is 2.80. The lowest BCUT2D eigenvalue weighted by Crippen LogP contribution is -2.51. The van der Waals surface area contributed by atoms with Gasteiger partial charge in [0.2, 0.25) is 21.8 Å². The fraction of sp³-hybridized carbons (Fsp3) is 0.417. The molecule has 2 aromatic carbocycles. The number of rotatable bonds is 11. The van der Waals surface area contributed by atoms with E-state index in [1.165, 1.54) is 4.90 Å². The number of anilines is 1. The molecule has 0 bridgehead atoms. The fourth-order valence-electron chi connectivity index (χ4n) is 3.41. The van der Waals surface area contributed by atoms with Gasteiger partial charge in [-0.25, -0.2) is 8.42 Å². The van der Waals surface area contributed by atoms with E-state index in [0.717, 1.165) is 33.4 Å². The number of hydrogen-bond donors (Lipinski definition) is 1. The number of sulfonamides is 1. The monoisotopic (exact) mass is 571 g/mol. The minimum atomic E-state index is -3.81. The molecule has 0 aromatic heterocycles. The van der Waals surface area contributed by atoms with Crippen molar-refractivity contribution in [2.45, 2.75) is 46.2 Å². The maximum Gasteiger partial charge on any atom is 0.244 e. The molecular weight excluding hydrogens is 542 g/mol. The molecule has 0 spiro atoms. The highest BCUT2D eigenvalue weighted by atomic mass is 79.9. The van der Waals surface area contributed by atoms with Gasteiger partial charge < -0.3 is 10.2 Å². The van der Waals surface area contributed by atoms with E-state index in [4.69, 9.17) is 11.6 Å². The van der Waals surface area contributed by atoms with E-state index in [0.29, 0.717) is 22.8 Å². The first-order valence-corrected chi connectivity index (χ1v) is 14.0. The Kier molecular flexibility index (Phi) is 10.4. The molecule has 0 heterocycles. The minimum absolute atomic E-state index is 0.146. The summed E-state index contributed by atoms with van der Waals surface area (Å²) in [6.45, 7) is 5.56. The maximum atomic E-state index is 13.5. The van der Waals surface area contributed by atoms with Crippen LogP contribution in [0.15, 0.2) is 46.9 Å². The first-order chi connectivity index (χ1) is 16.0. The van der Waals surface area contributed by atoms with Gasteiger partial charge in [-0.05, 0) is 55.7 Å². The Morgan fingerprint density at radius 2 is 1.85 bits per heavy atom. The number of nitrogens with one attached hydrogen (secondary N) is 1. The van der Waals surface area contributed by atoms with Crippen molar-refractivity contribution >= 4 is 55.1 Å². The molecule has 1 N–H and O–H groups in total. The van der Waals surface area contributed by atoms with Gasteiger partial charge in [-0.2, -0.15) is 0 Å². The molecular formula is C24H31BrClN3O4S. The molecule has 2 amide bonds. The molecule has 34 heavy (non-hydrogen) atoms. The van der Waals surface area contributed by atoms with Crippen LogP contribution in [0.1, 0.15) is 37.8 Å². The van der Waals surface area contributed by atoms with Gasteiger partial charge in [0.05, 0.1) is 11.9 Å². The van der Waals surface area contributed by atoms with Crippen LogP contribution in [0.25, 0.3) is 0 Å². The summed E-state index contributed by atoms with van der Waals surface area (Å²) in [6, 6.07) is 11.5. The van der Waals surface area contributed by atoms with E-state index in [1.807, 2.05) is 31.2 Å². The van der Waals surface area contributed by atoms with Crippen molar-refractivity contribution in [2.75, 3.05) is 23.7 Å². The van der Waals surface area contributed by atoms with Gasteiger partial charge in [0.15, 0.2) is 0 Å². The molecule has 2 aromatic rings. The normalized spacial score (nSPS) is 12.2. The second kappa shape index (κ2) is 12.6. The lowest BCUT2D eigenvalue weighted by Gasteiger charge is -2.32. The molecule has 2 rings (SSSR count). The van der Waals surface area contributed by atoms with Crippen LogP contribution in [-0.2, 0) is 26.2 Å². The summed E-state index contributed by atoms with van der Waals surface area (Å²) >= 11 is 9.63. The third kappa shape index (κ3) is 7.71. The number of amides is 2. The average molecular weight is 573 g/mol. The van der Waals surface area contributed by atoms with Gasteiger partial charge in [-0.1, -0.05) is 59.1 Å². The largest absolute Gasteiger partial charge is 0.354 e. The highest BCUT2D eigenvalue weighted by Crippen LogP contribution is 2.28. The summed E-state index contributed by atoms with van der Waals surface area (Å²) in [7, 11) is -3.81. The van der Waals surface area contributed by atoms with Crippen molar-refractivity contribution in [3.05, 3.63) is 63.1 Å². The van der Waals surface area contributed by atoms with Gasteiger partial charge in [0.25, 0.3) is 0 Å². The van der Waals surface area contributed by atoms with E-state index < -0.39 is 28.5 Å². The van der Waals surface area contributed by atoms with E-state index in [-0.39, 0.29) is 12.5 Å². The number of halogens is 2. The van der Waals surface area contributed by atoms with Crippen LogP contribution >= 0.6 is 27.5 Å². The quantitative estimate of drug-likeness (QED) is 0.402. The predicted octanol–water partition coefficient (Wildman–Crippen LogP) is 4.51. The van der Waals surface area contributed by atoms with Gasteiger partial charge in [-0.15, -0.1) is 0 Å². The average Bonchev–Trinajstić information content (AvgIpc) is 2.76. The first kappa shape index (κ1) is 28.1. The van der Waals surface area contributed by atoms with Crippen LogP contribution in [-0.4, -0.2) is 50.5 Å². The van der Waals surface area contributed by atoms with Crippen molar-refractivity contribution in [1.82, 2.24) is 10.2 Å². The van der Waals surface area contributed by atoms with Gasteiger partial charge in [0, 0.05) is 22.6 Å². The Hall–Kier alpha value is -2.10. The Bertz CT molecular complexity index is 1130. The smallest absolute Gasteiger partial charge is 0.244 e. The minimum Gasteiger partial charge on any atom is -0.354 e. The van der Waals surface area contributed by atoms with Gasteiger partial charge in [-0.3, -0.25) is 13.9 Å². The van der Waals surface area contributed by atoms with Crippen LogP contribution in [0.4, 0.5) is 5.69 Å². The molecule has 0 fully saturated rings. The van der Waals surface area contributed by atoms with Crippen molar-refractivity contribution < 1.29 is 18.0 Å². The highest BCUT2D eigenvalue weighted by Gasteiger charge is 2.30. The van der Waals surface area contributed by atoms with Gasteiger partial charge >= 0.3 is 0 Å². The molecule has 0 radical (unpaired) electrons. The van der Waals surface area contributed by atoms with Crippen molar-refractivity contribution in [1.29, 1.82) is 0 Å². The van der Waals surface area contributed by atoms with Crippen LogP contribution in [0.3, 0.4) is 0 Å². The van der Waals surface area contributed by atoms with Gasteiger partial charge in [0.1, 0.15) is 12.6 Å². The molecule has 7 nitrogen and oxygen atoms in total. The SMILES string of the molecule is CCCCNC(=O)C(C)N(Cc1cccc(Br)c1)C(=O)CN(c1cccc(Cl)c1C)S(C)(=O)=O. The Morgan fingerprint density at radius 1 is 1.18 bits per heavy atom. The predicted molar refractivity (Wildman–Crippen MR) is 140 cm³/mol. The summed E-state index contributed by atoms with van der Waals surface area (Å²) in [4.78, 5) is 27.7. The highest BCUT2D eigenvalue weighted by molar-refractivity contribution is 9.10. The molecule has 0 saturated carbocycles. The van der Waals surface area contributed by atoms with E-state index in [2.05, 4.69) is 21.2 Å². The first-order valence-electron chi connectivity index (χ1n) is 11.0. The summed E-state index contributed by atoms with van der Waals surface area (Å²) < 4.78 is 27.2. The number of unbranched alkanes of at least 4 members (excludes halogenated alkanes) is 1. The number of carbonyl (C=O) groups excluding carboxylic acids is 2. The Labute approximate surface area is 215 Å². The zero-order chi connectivity index (χ0) is 25.5. The zero-order valence-corrected chi connectivity index (χ0v) is 23.0. The van der Waals surface area contributed by atoms with E-state index in [1.54, 1.807) is 32.0 Å². The topological polar surface area (TPSA) is 86.8 Å². The van der Waals surface area contributed by atoms with Crippen LogP contribution in [0, 0.1) is 6.92 Å². The Balaban J connectivity index is 2.39. The molecule has 0 aliphatic carbocycles. The summed E-state index contributed by atoms with van der Waals surface area (Å²) in [5, 5.41) is 3.25. The van der Waals surface area contributed by atoms with Crippen molar-refractivity contribution in [3.63, 3.8) is 0 Å². The lowest BCUT2D eigenvalue weighted by atomic mass is 10.1. The van der Waals surface area contributed by atoms with Crippen molar-refractivity contribution in [3.8, 4) is 0 Å². The standard InChI is InChI=1S/C24H31BrClN3O4S/c1-5-6-13-27-24(31)18(3)28(15-19-9-7-10-20(25)14-19)23(30)16-29(34(4,32)33)22-12-8-11-21(26)17(22)2/h7-12,14,18H,5-6,13,15-16H2,1-4H3,(H,27,31). The second-order valence-electron chi connectivity index (χ2n) is 8.13. The molecule has 0 aliphatic rings. The van der Waals surface area contributed by atoms with Crippen LogP contribution in [0.5, 0.6) is 0 Å². The molecule has 0 saturated heterocycles. The molecule has 0 aliphatic heterocycles. The van der Waals surface area contributed by atoms with Crippen molar-refractivity contribution in [2.24, 2.45) is 0 Å². The third-order valence-electron chi connectivity index (χ3n) is 5.43. The number of benzene rings is 2. The molecule has 1 atom stereocenters. The third-order valence-corrected chi connectivity index (χ3v) is 7.45. The summed E-state index contributed by atoms with van der Waals surface area (Å²) in [5.41, 5.74) is 1.68. The number of hydrogen-bond acceptors (Lipinski definition) is 4. The number of carbonyl (C=O) groups is 2. The van der Waals surface area contributed by atoms with Crippen LogP contribution < -0.4 is 9.62 Å². The maximum absolute atomic E-state index is 13.5. The Morgan fingerprint density at radius 3 is 2.47 bits per heavy atom. The molecule has 186 valence electrons. The zero-order valence-electron chi connectivity index (χ0n) is 19.8. The van der Waals surface area contributed by atoms with Crippen LogP contribution in [0.2, 0.25) is 5.02 Å². The van der Waals surface area contributed by atoms with E-state index >= 15 is 0 Å². The summed E-state index contributed by atoms with van der Waals surface area (Å²) in [5.74, 6) is -0.787. The van der Waals surface area contributed by atoms with E-state index in [9.17, 15) is 18.0 Å². The molecule has 10 heteroatoms. The fourth-order valence-corrected chi connectivity index (χ4v) is 4.93. The number of nitrogens with zero attached hydrogens (tertiary/aromatic N) is 2. The molecule has 1 unspecified atom stereocenters. The lowest BCUT2D eigenvalue weighted by molar-refractivity contribution is -0.139. The second-order valence-corrected chi connectivity index (χ2v) is 11.4.